The van der Waals surface area contributed by atoms with Gasteiger partial charge in [0.1, 0.15) is 11.5 Å². The van der Waals surface area contributed by atoms with Crippen molar-refractivity contribution >= 4 is 74.1 Å². The Morgan fingerprint density at radius 3 is 2.29 bits per heavy atom. The second-order valence-corrected chi connectivity index (χ2v) is 14.8. The number of piperidine rings is 1. The maximum absolute atomic E-state index is 13.4. The fraction of sp³-hybridized carbons (Fsp3) is 0.250. The Morgan fingerprint density at radius 2 is 1.65 bits per heavy atom. The molecule has 1 aliphatic rings. The molecule has 0 unspecified atom stereocenters. The molecule has 4 heterocycles. The average Bonchev–Trinajstić information content (AvgIpc) is 3.60. The number of pyridine rings is 2. The lowest BCUT2D eigenvalue weighted by molar-refractivity contribution is -0.129. The van der Waals surface area contributed by atoms with Crippen LogP contribution >= 0.6 is 45.7 Å². The van der Waals surface area contributed by atoms with Gasteiger partial charge in [0.05, 0.1) is 38.7 Å². The molecular weight excluding hydrogens is 769 g/mol. The number of aromatic nitrogens is 3. The first-order valence-electron chi connectivity index (χ1n) is 15.9. The highest BCUT2D eigenvalue weighted by atomic mass is 127. The number of nitrogens with one attached hydrogen (secondary N) is 3. The number of amides is 2. The molecule has 0 atom stereocenters. The van der Waals surface area contributed by atoms with E-state index in [9.17, 15) is 14.7 Å². The van der Waals surface area contributed by atoms with Crippen LogP contribution in [0, 0.1) is 0 Å². The van der Waals surface area contributed by atoms with E-state index in [0.29, 0.717) is 27.1 Å². The lowest BCUT2D eigenvalue weighted by Crippen LogP contribution is -2.44. The van der Waals surface area contributed by atoms with Crippen molar-refractivity contribution in [3.05, 3.63) is 120 Å². The normalized spacial score (nSPS) is 13.6. The number of anilines is 3. The number of benzene rings is 2. The molecule has 1 saturated heterocycles. The van der Waals surface area contributed by atoms with Gasteiger partial charge in [0, 0.05) is 36.8 Å². The number of hydrogen-bond donors (Lipinski definition) is 4. The summed E-state index contributed by atoms with van der Waals surface area (Å²) in [7, 11) is 0. The number of likely N-dealkylation sites (tertiary alicyclic amines) is 1. The Hall–Kier alpha value is -4.05. The second-order valence-electron chi connectivity index (χ2n) is 11.6. The van der Waals surface area contributed by atoms with E-state index in [0.717, 1.165) is 51.9 Å². The first kappa shape index (κ1) is 34.8. The van der Waals surface area contributed by atoms with Gasteiger partial charge in [0.25, 0.3) is 5.91 Å². The zero-order chi connectivity index (χ0) is 34.1. The molecule has 2 aromatic carbocycles. The predicted molar refractivity (Wildman–Crippen MR) is 203 cm³/mol. The third-order valence-corrected chi connectivity index (χ3v) is 11.1. The summed E-state index contributed by atoms with van der Waals surface area (Å²) < 4.78 is 1.47. The van der Waals surface area contributed by atoms with Crippen LogP contribution < -0.4 is 16.0 Å². The summed E-state index contributed by atoms with van der Waals surface area (Å²) in [6.45, 7) is 1.58. The van der Waals surface area contributed by atoms with Gasteiger partial charge in [-0.15, -0.1) is 0 Å². The first-order chi connectivity index (χ1) is 24.0. The number of nitrogens with zero attached hydrogens (tertiary/aromatic N) is 4. The SMILES string of the molecule is O=C(NCC(CO)(c1ccccc1)c1ccccc1)c1cc(Sc2cnc(Nc3ccc(NC4CCN(C(=O)CI)CC4)cn3)s2)ccn1. The van der Waals surface area contributed by atoms with Crippen LogP contribution in [0.15, 0.2) is 113 Å². The van der Waals surface area contributed by atoms with E-state index < -0.39 is 5.41 Å². The van der Waals surface area contributed by atoms with Crippen molar-refractivity contribution in [1.29, 1.82) is 0 Å². The van der Waals surface area contributed by atoms with Gasteiger partial charge in [-0.1, -0.05) is 106 Å². The molecule has 1 fully saturated rings. The minimum atomic E-state index is -0.809. The Bertz CT molecular complexity index is 1800. The van der Waals surface area contributed by atoms with Gasteiger partial charge in [-0.25, -0.2) is 9.97 Å². The number of carbonyl (C=O) groups excluding carboxylic acids is 2. The molecule has 0 bridgehead atoms. The zero-order valence-electron chi connectivity index (χ0n) is 26.6. The van der Waals surface area contributed by atoms with Crippen LogP contribution in [0.1, 0.15) is 34.5 Å². The predicted octanol–water partition coefficient (Wildman–Crippen LogP) is 6.37. The highest BCUT2D eigenvalue weighted by Crippen LogP contribution is 2.35. The van der Waals surface area contributed by atoms with Crippen molar-refractivity contribution in [3.63, 3.8) is 0 Å². The molecule has 3 aromatic heterocycles. The van der Waals surface area contributed by atoms with Crippen molar-refractivity contribution < 1.29 is 14.7 Å². The summed E-state index contributed by atoms with van der Waals surface area (Å²) >= 11 is 5.11. The maximum atomic E-state index is 13.4. The molecule has 252 valence electrons. The van der Waals surface area contributed by atoms with Crippen LogP contribution in [-0.4, -0.2) is 73.5 Å². The summed E-state index contributed by atoms with van der Waals surface area (Å²) in [5, 5.41) is 21.2. The quantitative estimate of drug-likeness (QED) is 0.0792. The van der Waals surface area contributed by atoms with Crippen molar-refractivity contribution in [1.82, 2.24) is 25.2 Å². The molecule has 2 amide bonds. The highest BCUT2D eigenvalue weighted by Gasteiger charge is 2.34. The van der Waals surface area contributed by atoms with Gasteiger partial charge in [0.2, 0.25) is 5.91 Å². The second kappa shape index (κ2) is 16.6. The molecule has 6 rings (SSSR count). The van der Waals surface area contributed by atoms with Gasteiger partial charge in [-0.3, -0.25) is 14.6 Å². The van der Waals surface area contributed by atoms with Crippen LogP contribution in [0.25, 0.3) is 0 Å². The summed E-state index contributed by atoms with van der Waals surface area (Å²) in [6, 6.07) is 27.3. The molecule has 4 N–H and O–H groups in total. The Morgan fingerprint density at radius 1 is 0.939 bits per heavy atom. The number of aliphatic hydroxyl groups excluding tert-OH is 1. The Labute approximate surface area is 307 Å². The Balaban J connectivity index is 1.04. The summed E-state index contributed by atoms with van der Waals surface area (Å²) in [5.74, 6) is 0.573. The van der Waals surface area contributed by atoms with Crippen LogP contribution in [0.5, 0.6) is 0 Å². The van der Waals surface area contributed by atoms with Gasteiger partial charge in [-0.05, 0) is 48.2 Å². The minimum absolute atomic E-state index is 0.175. The van der Waals surface area contributed by atoms with E-state index in [1.165, 1.54) is 23.1 Å². The maximum Gasteiger partial charge on any atom is 0.269 e. The zero-order valence-corrected chi connectivity index (χ0v) is 30.4. The highest BCUT2D eigenvalue weighted by molar-refractivity contribution is 14.1. The standard InChI is InChI=1S/C36H36IN7O3S2/c37-20-32(46)44-17-14-27(15-18-44)42-28-11-12-31(39-21-28)43-35-40-22-33(49-35)48-29-13-16-38-30(19-29)34(47)41-23-36(24-45,25-7-3-1-4-8-25)26-9-5-2-6-10-26/h1-13,16,19,21-22,27,42,45H,14-15,17-18,20,23-24H2,(H,41,47)(H,39,40,43). The molecule has 0 aliphatic carbocycles. The molecular formula is C36H36IN7O3S2. The fourth-order valence-electron chi connectivity index (χ4n) is 5.78. The smallest absolute Gasteiger partial charge is 0.269 e. The lowest BCUT2D eigenvalue weighted by Gasteiger charge is -2.33. The molecule has 49 heavy (non-hydrogen) atoms. The van der Waals surface area contributed by atoms with Gasteiger partial charge in [0.15, 0.2) is 5.13 Å². The fourth-order valence-corrected chi connectivity index (χ4v) is 8.15. The number of alkyl halides is 1. The number of halogens is 1. The summed E-state index contributed by atoms with van der Waals surface area (Å²) in [4.78, 5) is 41.5. The first-order valence-corrected chi connectivity index (χ1v) is 19.0. The third-order valence-electron chi connectivity index (χ3n) is 8.47. The number of rotatable bonds is 13. The van der Waals surface area contributed by atoms with E-state index >= 15 is 0 Å². The monoisotopic (exact) mass is 805 g/mol. The lowest BCUT2D eigenvalue weighted by atomic mass is 9.75. The molecule has 5 aromatic rings. The number of thiazole rings is 1. The van der Waals surface area contributed by atoms with Crippen LogP contribution in [0.2, 0.25) is 0 Å². The van der Waals surface area contributed by atoms with E-state index in [1.807, 2.05) is 90.0 Å². The molecule has 10 nitrogen and oxygen atoms in total. The summed E-state index contributed by atoms with van der Waals surface area (Å²) in [6.07, 6.45) is 7.05. The van der Waals surface area contributed by atoms with Gasteiger partial charge < -0.3 is 26.0 Å². The van der Waals surface area contributed by atoms with E-state index in [-0.39, 0.29) is 25.0 Å². The van der Waals surface area contributed by atoms with Crippen molar-refractivity contribution in [2.24, 2.45) is 0 Å². The molecule has 0 spiro atoms. The number of hydrogen-bond acceptors (Lipinski definition) is 10. The van der Waals surface area contributed by atoms with Crippen LogP contribution in [0.4, 0.5) is 16.6 Å². The van der Waals surface area contributed by atoms with Crippen molar-refractivity contribution in [3.8, 4) is 0 Å². The average molecular weight is 806 g/mol. The van der Waals surface area contributed by atoms with Gasteiger partial charge >= 0.3 is 0 Å². The third kappa shape index (κ3) is 8.76. The van der Waals surface area contributed by atoms with E-state index in [4.69, 9.17) is 0 Å². The topological polar surface area (TPSA) is 132 Å². The molecule has 0 radical (unpaired) electrons. The van der Waals surface area contributed by atoms with Crippen molar-refractivity contribution in [2.45, 2.75) is 33.4 Å². The minimum Gasteiger partial charge on any atom is -0.395 e. The van der Waals surface area contributed by atoms with Crippen molar-refractivity contribution in [2.75, 3.05) is 41.3 Å². The molecule has 1 aliphatic heterocycles. The largest absolute Gasteiger partial charge is 0.395 e. The number of aliphatic hydroxyl groups is 1. The van der Waals surface area contributed by atoms with E-state index in [1.54, 1.807) is 18.5 Å². The van der Waals surface area contributed by atoms with Gasteiger partial charge in [-0.2, -0.15) is 0 Å². The Kier molecular flexibility index (Phi) is 11.8. The van der Waals surface area contributed by atoms with Crippen LogP contribution in [-0.2, 0) is 10.2 Å². The number of carbonyl (C=O) groups is 2. The molecule has 0 saturated carbocycles. The van der Waals surface area contributed by atoms with Crippen LogP contribution in [0.3, 0.4) is 0 Å². The summed E-state index contributed by atoms with van der Waals surface area (Å²) in [5.41, 5.74) is 2.25. The molecule has 13 heteroatoms. The van der Waals surface area contributed by atoms with E-state index in [2.05, 4.69) is 53.5 Å².